The van der Waals surface area contributed by atoms with Gasteiger partial charge < -0.3 is 14.8 Å². The average Bonchev–Trinajstić information content (AvgIpc) is 2.69. The van der Waals surface area contributed by atoms with Crippen LogP contribution in [0, 0.1) is 0 Å². The zero-order chi connectivity index (χ0) is 11.5. The molecule has 0 radical (unpaired) electrons. The number of hydrogen-bond acceptors (Lipinski definition) is 2. The van der Waals surface area contributed by atoms with E-state index < -0.39 is 0 Å². The molecular formula is C12H14BrNO2. The number of aromatic nitrogens is 1. The van der Waals surface area contributed by atoms with Crippen molar-refractivity contribution in [1.29, 1.82) is 0 Å². The van der Waals surface area contributed by atoms with Crippen molar-refractivity contribution in [3.8, 4) is 5.75 Å². The number of hydrogen-bond donors (Lipinski definition) is 2. The molecule has 3 nitrogen and oxygen atoms in total. The molecule has 2 aromatic rings. The normalized spacial score (nSPS) is 10.9. The summed E-state index contributed by atoms with van der Waals surface area (Å²) in [5.74, 6) is 0.840. The molecule has 0 bridgehead atoms. The molecule has 1 aromatic heterocycles. The quantitative estimate of drug-likeness (QED) is 0.906. The predicted molar refractivity (Wildman–Crippen MR) is 68.0 cm³/mol. The number of aliphatic hydroxyl groups is 1. The molecule has 0 aliphatic heterocycles. The van der Waals surface area contributed by atoms with Crippen LogP contribution in [0.3, 0.4) is 0 Å². The van der Waals surface area contributed by atoms with Gasteiger partial charge in [0, 0.05) is 22.2 Å². The van der Waals surface area contributed by atoms with E-state index in [1.165, 1.54) is 0 Å². The summed E-state index contributed by atoms with van der Waals surface area (Å²) in [6.07, 6.45) is 1.64. The molecule has 0 saturated heterocycles. The molecule has 1 aromatic carbocycles. The van der Waals surface area contributed by atoms with E-state index in [0.29, 0.717) is 0 Å². The lowest BCUT2D eigenvalue weighted by atomic mass is 10.2. The molecule has 86 valence electrons. The van der Waals surface area contributed by atoms with E-state index in [0.717, 1.165) is 39.7 Å². The third-order valence-electron chi connectivity index (χ3n) is 2.55. The number of halogens is 1. The standard InChI is InChI=1S/C12H14BrNO2/c1-16-10-6-8-5-9(3-2-4-15)14-12(8)11(13)7-10/h5-7,14-15H,2-4H2,1H3. The number of aryl methyl sites for hydroxylation is 1. The van der Waals surface area contributed by atoms with Crippen LogP contribution >= 0.6 is 15.9 Å². The number of methoxy groups -OCH3 is 1. The second-order valence-corrected chi connectivity index (χ2v) is 4.55. The highest BCUT2D eigenvalue weighted by atomic mass is 79.9. The Labute approximate surface area is 103 Å². The zero-order valence-corrected chi connectivity index (χ0v) is 10.7. The van der Waals surface area contributed by atoms with E-state index >= 15 is 0 Å². The molecule has 0 aliphatic rings. The van der Waals surface area contributed by atoms with Crippen LogP contribution in [0.25, 0.3) is 10.9 Å². The van der Waals surface area contributed by atoms with Crippen LogP contribution < -0.4 is 4.74 Å². The maximum Gasteiger partial charge on any atom is 0.120 e. The molecule has 4 heteroatoms. The topological polar surface area (TPSA) is 45.2 Å². The van der Waals surface area contributed by atoms with Crippen LogP contribution in [0.4, 0.5) is 0 Å². The fourth-order valence-electron chi connectivity index (χ4n) is 1.75. The van der Waals surface area contributed by atoms with Gasteiger partial charge in [-0.3, -0.25) is 0 Å². The van der Waals surface area contributed by atoms with E-state index in [9.17, 15) is 0 Å². The fourth-order valence-corrected chi connectivity index (χ4v) is 2.31. The molecule has 0 amide bonds. The number of H-pyrrole nitrogens is 1. The summed E-state index contributed by atoms with van der Waals surface area (Å²) in [5.41, 5.74) is 2.21. The third kappa shape index (κ3) is 2.23. The highest BCUT2D eigenvalue weighted by Gasteiger charge is 2.06. The van der Waals surface area contributed by atoms with Crippen molar-refractivity contribution in [1.82, 2.24) is 4.98 Å². The molecule has 1 heterocycles. The van der Waals surface area contributed by atoms with E-state index in [1.54, 1.807) is 7.11 Å². The van der Waals surface area contributed by atoms with Crippen molar-refractivity contribution in [2.24, 2.45) is 0 Å². The Morgan fingerprint density at radius 1 is 1.38 bits per heavy atom. The van der Waals surface area contributed by atoms with E-state index in [2.05, 4.69) is 27.0 Å². The van der Waals surface area contributed by atoms with Crippen LogP contribution in [-0.2, 0) is 6.42 Å². The largest absolute Gasteiger partial charge is 0.497 e. The summed E-state index contributed by atoms with van der Waals surface area (Å²) in [5, 5.41) is 9.92. The smallest absolute Gasteiger partial charge is 0.120 e. The highest BCUT2D eigenvalue weighted by molar-refractivity contribution is 9.10. The maximum atomic E-state index is 8.80. The van der Waals surface area contributed by atoms with Gasteiger partial charge in [-0.05, 0) is 47.0 Å². The lowest BCUT2D eigenvalue weighted by molar-refractivity contribution is 0.288. The van der Waals surface area contributed by atoms with Crippen LogP contribution in [0.1, 0.15) is 12.1 Å². The molecule has 2 N–H and O–H groups in total. The van der Waals surface area contributed by atoms with Crippen molar-refractivity contribution < 1.29 is 9.84 Å². The Balaban J connectivity index is 2.40. The Morgan fingerprint density at radius 3 is 2.88 bits per heavy atom. The number of ether oxygens (including phenoxy) is 1. The summed E-state index contributed by atoms with van der Waals surface area (Å²) in [4.78, 5) is 3.34. The van der Waals surface area contributed by atoms with Gasteiger partial charge in [0.25, 0.3) is 0 Å². The van der Waals surface area contributed by atoms with Crippen molar-refractivity contribution >= 4 is 26.8 Å². The van der Waals surface area contributed by atoms with Gasteiger partial charge >= 0.3 is 0 Å². The zero-order valence-electron chi connectivity index (χ0n) is 9.09. The second-order valence-electron chi connectivity index (χ2n) is 3.70. The van der Waals surface area contributed by atoms with E-state index in [4.69, 9.17) is 9.84 Å². The molecule has 0 unspecified atom stereocenters. The van der Waals surface area contributed by atoms with Gasteiger partial charge in [-0.15, -0.1) is 0 Å². The number of fused-ring (bicyclic) bond motifs is 1. The highest BCUT2D eigenvalue weighted by Crippen LogP contribution is 2.29. The average molecular weight is 284 g/mol. The van der Waals surface area contributed by atoms with Crippen molar-refractivity contribution in [3.05, 3.63) is 28.4 Å². The molecule has 0 spiro atoms. The molecule has 2 rings (SSSR count). The van der Waals surface area contributed by atoms with Crippen LogP contribution in [0.5, 0.6) is 5.75 Å². The second kappa shape index (κ2) is 4.89. The minimum absolute atomic E-state index is 0.222. The molecule has 0 atom stereocenters. The first-order valence-corrected chi connectivity index (χ1v) is 6.00. The maximum absolute atomic E-state index is 8.80. The molecular weight excluding hydrogens is 270 g/mol. The van der Waals surface area contributed by atoms with Gasteiger partial charge in [-0.2, -0.15) is 0 Å². The summed E-state index contributed by atoms with van der Waals surface area (Å²) in [6, 6.07) is 6.03. The first-order chi connectivity index (χ1) is 7.74. The monoisotopic (exact) mass is 283 g/mol. The predicted octanol–water partition coefficient (Wildman–Crippen LogP) is 2.86. The van der Waals surface area contributed by atoms with Gasteiger partial charge in [0.05, 0.1) is 12.6 Å². The van der Waals surface area contributed by atoms with Gasteiger partial charge in [-0.1, -0.05) is 0 Å². The molecule has 0 aliphatic carbocycles. The van der Waals surface area contributed by atoms with Gasteiger partial charge in [0.2, 0.25) is 0 Å². The summed E-state index contributed by atoms with van der Waals surface area (Å²) in [7, 11) is 1.66. The molecule has 0 saturated carbocycles. The minimum Gasteiger partial charge on any atom is -0.497 e. The van der Waals surface area contributed by atoms with Crippen molar-refractivity contribution in [2.45, 2.75) is 12.8 Å². The number of rotatable bonds is 4. The Kier molecular flexibility index (Phi) is 3.51. The molecule has 16 heavy (non-hydrogen) atoms. The summed E-state index contributed by atoms with van der Waals surface area (Å²) in [6.45, 7) is 0.222. The number of aromatic amines is 1. The summed E-state index contributed by atoms with van der Waals surface area (Å²) >= 11 is 3.51. The van der Waals surface area contributed by atoms with Crippen LogP contribution in [-0.4, -0.2) is 23.8 Å². The minimum atomic E-state index is 0.222. The van der Waals surface area contributed by atoms with Crippen molar-refractivity contribution in [3.63, 3.8) is 0 Å². The Bertz CT molecular complexity index is 493. The fraction of sp³-hybridized carbons (Fsp3) is 0.333. The van der Waals surface area contributed by atoms with E-state index in [1.807, 2.05) is 12.1 Å². The Morgan fingerprint density at radius 2 is 2.19 bits per heavy atom. The first kappa shape index (κ1) is 11.5. The Hall–Kier alpha value is -1.00. The number of aliphatic hydroxyl groups excluding tert-OH is 1. The van der Waals surface area contributed by atoms with Gasteiger partial charge in [-0.25, -0.2) is 0 Å². The van der Waals surface area contributed by atoms with Gasteiger partial charge in [0.1, 0.15) is 5.75 Å². The SMILES string of the molecule is COc1cc(Br)c2[nH]c(CCCO)cc2c1. The number of benzene rings is 1. The van der Waals surface area contributed by atoms with Crippen LogP contribution in [0.15, 0.2) is 22.7 Å². The lowest BCUT2D eigenvalue weighted by Gasteiger charge is -2.00. The van der Waals surface area contributed by atoms with Crippen LogP contribution in [0.2, 0.25) is 0 Å². The molecule has 0 fully saturated rings. The van der Waals surface area contributed by atoms with Crippen molar-refractivity contribution in [2.75, 3.05) is 13.7 Å². The van der Waals surface area contributed by atoms with Gasteiger partial charge in [0.15, 0.2) is 0 Å². The van der Waals surface area contributed by atoms with E-state index in [-0.39, 0.29) is 6.61 Å². The third-order valence-corrected chi connectivity index (χ3v) is 3.17. The number of nitrogens with one attached hydrogen (secondary N) is 1. The summed E-state index contributed by atoms with van der Waals surface area (Å²) < 4.78 is 6.21. The lowest BCUT2D eigenvalue weighted by Crippen LogP contribution is -1.88. The first-order valence-electron chi connectivity index (χ1n) is 5.20.